The average molecular weight is 238 g/mol. The van der Waals surface area contributed by atoms with Gasteiger partial charge < -0.3 is 0 Å². The van der Waals surface area contributed by atoms with E-state index in [0.717, 1.165) is 0 Å². The van der Waals surface area contributed by atoms with Crippen molar-refractivity contribution in [1.29, 1.82) is 0 Å². The van der Waals surface area contributed by atoms with E-state index >= 15 is 0 Å². The fraction of sp³-hybridized carbons (Fsp3) is 1.00. The molecule has 0 spiro atoms. The van der Waals surface area contributed by atoms with Gasteiger partial charge in [-0.15, -0.1) is 0 Å². The minimum Gasteiger partial charge on any atom is -0.285 e. The quantitative estimate of drug-likeness (QED) is 0.752. The first-order valence-corrected chi connectivity index (χ1v) is 6.73. The highest BCUT2D eigenvalue weighted by Crippen LogP contribution is 2.41. The Hall–Kier alpha value is -0.160. The van der Waals surface area contributed by atoms with Crippen LogP contribution in [-0.4, -0.2) is 23.9 Å². The molecule has 0 radical (unpaired) electrons. The van der Waals surface area contributed by atoms with Crippen LogP contribution in [0.2, 0.25) is 0 Å². The van der Waals surface area contributed by atoms with Crippen LogP contribution in [0.4, 0.5) is 4.39 Å². The molecule has 0 bridgehead atoms. The van der Waals surface area contributed by atoms with E-state index in [2.05, 4.69) is 0 Å². The summed E-state index contributed by atoms with van der Waals surface area (Å²) in [5.74, 6) is 0.573. The lowest BCUT2D eigenvalue weighted by Crippen LogP contribution is -2.48. The summed E-state index contributed by atoms with van der Waals surface area (Å²) in [6.45, 7) is 5.31. The van der Waals surface area contributed by atoms with E-state index in [-0.39, 0.29) is 18.8 Å². The summed E-state index contributed by atoms with van der Waals surface area (Å²) in [6.07, 6.45) is -0.369. The van der Waals surface area contributed by atoms with Gasteiger partial charge >= 0.3 is 0 Å². The van der Waals surface area contributed by atoms with Gasteiger partial charge in [-0.05, 0) is 38.0 Å². The Balaban J connectivity index is 2.85. The summed E-state index contributed by atoms with van der Waals surface area (Å²) in [7, 11) is -4.30. The Bertz CT molecular complexity index is 326. The van der Waals surface area contributed by atoms with Crippen LogP contribution >= 0.6 is 0 Å². The van der Waals surface area contributed by atoms with Crippen LogP contribution < -0.4 is 0 Å². The lowest BCUT2D eigenvalue weighted by Gasteiger charge is -2.39. The van der Waals surface area contributed by atoms with E-state index < -0.39 is 21.0 Å². The molecule has 0 aromatic rings. The minimum absolute atomic E-state index is 0.204. The molecule has 0 saturated heterocycles. The van der Waals surface area contributed by atoms with Crippen LogP contribution in [0.25, 0.3) is 0 Å². The Kier molecular flexibility index (Phi) is 3.45. The van der Waals surface area contributed by atoms with Crippen molar-refractivity contribution in [2.45, 2.75) is 51.0 Å². The van der Waals surface area contributed by atoms with Crippen molar-refractivity contribution in [2.24, 2.45) is 11.8 Å². The van der Waals surface area contributed by atoms with E-state index in [1.54, 1.807) is 0 Å². The highest BCUT2D eigenvalue weighted by molar-refractivity contribution is 7.87. The zero-order chi connectivity index (χ0) is 11.9. The van der Waals surface area contributed by atoms with Crippen molar-refractivity contribution in [3.63, 3.8) is 0 Å². The summed E-state index contributed by atoms with van der Waals surface area (Å²) in [6, 6.07) is 0. The van der Waals surface area contributed by atoms with Crippen molar-refractivity contribution in [3.8, 4) is 0 Å². The van der Waals surface area contributed by atoms with Gasteiger partial charge in [-0.2, -0.15) is 8.42 Å². The number of rotatable bonds is 2. The van der Waals surface area contributed by atoms with E-state index in [1.807, 2.05) is 13.8 Å². The first kappa shape index (κ1) is 12.9. The van der Waals surface area contributed by atoms with Crippen LogP contribution in [0, 0.1) is 11.8 Å². The molecule has 5 heteroatoms. The lowest BCUT2D eigenvalue weighted by molar-refractivity contribution is 0.124. The molecule has 0 aromatic heterocycles. The molecule has 0 heterocycles. The van der Waals surface area contributed by atoms with Gasteiger partial charge in [0.15, 0.2) is 0 Å². The fourth-order valence-electron chi connectivity index (χ4n) is 2.16. The van der Waals surface area contributed by atoms with Crippen molar-refractivity contribution in [3.05, 3.63) is 0 Å². The second-order valence-corrected chi connectivity index (χ2v) is 6.92. The molecule has 1 N–H and O–H groups in total. The third-order valence-corrected chi connectivity index (χ3v) is 5.35. The van der Waals surface area contributed by atoms with Crippen LogP contribution in [-0.2, 0) is 10.1 Å². The second kappa shape index (κ2) is 4.01. The summed E-state index contributed by atoms with van der Waals surface area (Å²) < 4.78 is 43.5. The number of hydrogen-bond donors (Lipinski definition) is 1. The Morgan fingerprint density at radius 1 is 1.47 bits per heavy atom. The standard InChI is InChI=1S/C10H19FO3S/c1-7(2)8-4-5-10(3,9(11)6-8)15(12,13)14/h7-9H,4-6H2,1-3H3,(H,12,13,14). The van der Waals surface area contributed by atoms with Gasteiger partial charge in [0.2, 0.25) is 0 Å². The van der Waals surface area contributed by atoms with Crippen molar-refractivity contribution in [1.82, 2.24) is 0 Å². The zero-order valence-electron chi connectivity index (χ0n) is 9.40. The molecule has 0 aliphatic heterocycles. The van der Waals surface area contributed by atoms with Gasteiger partial charge in [-0.1, -0.05) is 13.8 Å². The molecule has 90 valence electrons. The van der Waals surface area contributed by atoms with Crippen molar-refractivity contribution < 1.29 is 17.4 Å². The second-order valence-electron chi connectivity index (χ2n) is 5.03. The molecule has 0 amide bonds. The molecule has 15 heavy (non-hydrogen) atoms. The third-order valence-electron chi connectivity index (χ3n) is 3.72. The number of alkyl halides is 1. The zero-order valence-corrected chi connectivity index (χ0v) is 10.2. The summed E-state index contributed by atoms with van der Waals surface area (Å²) in [5, 5.41) is 0. The van der Waals surface area contributed by atoms with Gasteiger partial charge in [0.25, 0.3) is 10.1 Å². The van der Waals surface area contributed by atoms with Gasteiger partial charge in [0.05, 0.1) is 0 Å². The monoisotopic (exact) mass is 238 g/mol. The SMILES string of the molecule is CC(C)C1CCC(C)(S(=O)(=O)O)C(F)C1. The van der Waals surface area contributed by atoms with Gasteiger partial charge in [-0.3, -0.25) is 4.55 Å². The summed E-state index contributed by atoms with van der Waals surface area (Å²) in [5.41, 5.74) is 0. The highest BCUT2D eigenvalue weighted by atomic mass is 32.2. The summed E-state index contributed by atoms with van der Waals surface area (Å²) >= 11 is 0. The van der Waals surface area contributed by atoms with E-state index in [9.17, 15) is 12.8 Å². The van der Waals surface area contributed by atoms with Crippen molar-refractivity contribution in [2.75, 3.05) is 0 Å². The predicted molar refractivity (Wildman–Crippen MR) is 57.0 cm³/mol. The topological polar surface area (TPSA) is 54.4 Å². The smallest absolute Gasteiger partial charge is 0.273 e. The molecule has 1 saturated carbocycles. The van der Waals surface area contributed by atoms with Crippen LogP contribution in [0.1, 0.15) is 40.0 Å². The molecular formula is C10H19FO3S. The summed E-state index contributed by atoms with van der Waals surface area (Å²) in [4.78, 5) is 0. The highest BCUT2D eigenvalue weighted by Gasteiger charge is 2.49. The maximum absolute atomic E-state index is 13.8. The van der Waals surface area contributed by atoms with Crippen LogP contribution in [0.5, 0.6) is 0 Å². The van der Waals surface area contributed by atoms with Crippen molar-refractivity contribution >= 4 is 10.1 Å². The van der Waals surface area contributed by atoms with E-state index in [0.29, 0.717) is 12.3 Å². The molecule has 1 aliphatic carbocycles. The molecule has 1 fully saturated rings. The van der Waals surface area contributed by atoms with Gasteiger partial charge in [-0.25, -0.2) is 4.39 Å². The van der Waals surface area contributed by atoms with E-state index in [4.69, 9.17) is 4.55 Å². The average Bonchev–Trinajstić information content (AvgIpc) is 2.07. The molecule has 1 rings (SSSR count). The molecule has 1 aliphatic rings. The molecule has 0 aromatic carbocycles. The fourth-order valence-corrected chi connectivity index (χ4v) is 2.95. The molecule has 3 unspecified atom stereocenters. The Morgan fingerprint density at radius 2 is 2.00 bits per heavy atom. The molecular weight excluding hydrogens is 219 g/mol. The third kappa shape index (κ3) is 2.33. The largest absolute Gasteiger partial charge is 0.285 e. The normalized spacial score (nSPS) is 38.3. The minimum atomic E-state index is -4.30. The first-order valence-electron chi connectivity index (χ1n) is 5.29. The molecule has 3 atom stereocenters. The van der Waals surface area contributed by atoms with Gasteiger partial charge in [0, 0.05) is 0 Å². The van der Waals surface area contributed by atoms with Crippen LogP contribution in [0.3, 0.4) is 0 Å². The maximum atomic E-state index is 13.8. The number of hydrogen-bond acceptors (Lipinski definition) is 2. The van der Waals surface area contributed by atoms with E-state index in [1.165, 1.54) is 6.92 Å². The van der Waals surface area contributed by atoms with Crippen LogP contribution in [0.15, 0.2) is 0 Å². The Labute approximate surface area is 90.8 Å². The Morgan fingerprint density at radius 3 is 2.33 bits per heavy atom. The lowest BCUT2D eigenvalue weighted by atomic mass is 9.76. The number of halogens is 1. The molecule has 3 nitrogen and oxygen atoms in total. The first-order chi connectivity index (χ1) is 6.68. The predicted octanol–water partition coefficient (Wildman–Crippen LogP) is 2.43. The van der Waals surface area contributed by atoms with Gasteiger partial charge in [0.1, 0.15) is 10.9 Å². The maximum Gasteiger partial charge on any atom is 0.273 e.